The van der Waals surface area contributed by atoms with E-state index in [1.165, 1.54) is 16.6 Å². The average molecular weight is 468 g/mol. The number of aromatic nitrogens is 2. The average Bonchev–Trinajstić information content (AvgIpc) is 3.26. The summed E-state index contributed by atoms with van der Waals surface area (Å²) in [5.41, 5.74) is 7.70. The van der Waals surface area contributed by atoms with Gasteiger partial charge in [-0.2, -0.15) is 4.98 Å². The maximum atomic E-state index is 12.6. The van der Waals surface area contributed by atoms with Gasteiger partial charge in [0.05, 0.1) is 5.69 Å². The Hall–Kier alpha value is -2.75. The number of piperazine rings is 1. The molecule has 34 heavy (non-hydrogen) atoms. The summed E-state index contributed by atoms with van der Waals surface area (Å²) in [7, 11) is 0. The van der Waals surface area contributed by atoms with Crippen LogP contribution in [0, 0.1) is 0 Å². The number of hydrogen-bond acceptors (Lipinski definition) is 6. The molecule has 0 bridgehead atoms. The van der Waals surface area contributed by atoms with E-state index >= 15 is 0 Å². The van der Waals surface area contributed by atoms with Crippen molar-refractivity contribution in [3.8, 4) is 5.69 Å². The van der Waals surface area contributed by atoms with Gasteiger partial charge in [0.25, 0.3) is 0 Å². The zero-order valence-corrected chi connectivity index (χ0v) is 20.2. The predicted octanol–water partition coefficient (Wildman–Crippen LogP) is 1.80. The number of rotatable bonds is 7. The van der Waals surface area contributed by atoms with Gasteiger partial charge in [-0.25, -0.2) is 9.59 Å². The summed E-state index contributed by atoms with van der Waals surface area (Å²) in [6.07, 6.45) is 5.98. The Balaban J connectivity index is 1.38. The number of nitrogens with two attached hydrogens (primary N) is 1. The van der Waals surface area contributed by atoms with Gasteiger partial charge in [0.1, 0.15) is 5.82 Å². The maximum absolute atomic E-state index is 12.6. The largest absolute Gasteiger partial charge is 0.354 e. The topological polar surface area (TPSA) is 109 Å². The minimum Gasteiger partial charge on any atom is -0.328 e. The summed E-state index contributed by atoms with van der Waals surface area (Å²) in [6, 6.07) is 10.8. The van der Waals surface area contributed by atoms with Crippen LogP contribution in [-0.2, 0) is 6.42 Å². The second-order valence-corrected chi connectivity index (χ2v) is 9.41. The first kappa shape index (κ1) is 24.4. The van der Waals surface area contributed by atoms with Crippen LogP contribution in [0.1, 0.15) is 38.7 Å². The van der Waals surface area contributed by atoms with Crippen LogP contribution in [0.3, 0.4) is 0 Å². The van der Waals surface area contributed by atoms with Crippen LogP contribution >= 0.6 is 0 Å². The Morgan fingerprint density at radius 2 is 1.97 bits per heavy atom. The molecule has 1 aromatic carbocycles. The molecular weight excluding hydrogens is 430 g/mol. The Bertz CT molecular complexity index is 1020. The van der Waals surface area contributed by atoms with E-state index in [9.17, 15) is 9.59 Å². The van der Waals surface area contributed by atoms with E-state index in [1.807, 2.05) is 12.1 Å². The molecule has 1 aliphatic carbocycles. The summed E-state index contributed by atoms with van der Waals surface area (Å²) >= 11 is 0. The first-order valence-corrected chi connectivity index (χ1v) is 12.4. The third-order valence-corrected chi connectivity index (χ3v) is 7.03. The molecule has 1 saturated carbocycles. The van der Waals surface area contributed by atoms with Crippen molar-refractivity contribution in [2.45, 2.75) is 57.7 Å². The molecule has 184 valence electrons. The van der Waals surface area contributed by atoms with E-state index in [-0.39, 0.29) is 11.8 Å². The first-order chi connectivity index (χ1) is 16.4. The van der Waals surface area contributed by atoms with Crippen LogP contribution in [0.5, 0.6) is 0 Å². The quantitative estimate of drug-likeness (QED) is 0.573. The van der Waals surface area contributed by atoms with Gasteiger partial charge in [-0.05, 0) is 62.9 Å². The van der Waals surface area contributed by atoms with Crippen molar-refractivity contribution in [1.82, 2.24) is 24.7 Å². The van der Waals surface area contributed by atoms with Gasteiger partial charge in [-0.1, -0.05) is 19.1 Å². The van der Waals surface area contributed by atoms with Crippen molar-refractivity contribution in [2.24, 2.45) is 5.73 Å². The molecule has 2 unspecified atom stereocenters. The first-order valence-electron chi connectivity index (χ1n) is 12.4. The Kier molecular flexibility index (Phi) is 7.97. The lowest BCUT2D eigenvalue weighted by Crippen LogP contribution is -2.48. The maximum Gasteiger partial charge on any atom is 0.354 e. The van der Waals surface area contributed by atoms with E-state index < -0.39 is 5.69 Å². The highest BCUT2D eigenvalue weighted by Gasteiger charge is 2.29. The number of benzene rings is 1. The van der Waals surface area contributed by atoms with Crippen molar-refractivity contribution >= 4 is 11.8 Å². The molecule has 0 radical (unpaired) electrons. The number of amides is 2. The van der Waals surface area contributed by atoms with Gasteiger partial charge in [0, 0.05) is 50.5 Å². The summed E-state index contributed by atoms with van der Waals surface area (Å²) in [6.45, 7) is 8.33. The molecule has 2 aliphatic rings. The van der Waals surface area contributed by atoms with Crippen LogP contribution in [0.25, 0.3) is 5.69 Å². The Labute approximate surface area is 201 Å². The number of anilines is 1. The van der Waals surface area contributed by atoms with Gasteiger partial charge in [0.15, 0.2) is 0 Å². The molecule has 0 spiro atoms. The lowest BCUT2D eigenvalue weighted by atomic mass is 10.0. The van der Waals surface area contributed by atoms with Crippen LogP contribution in [0.4, 0.5) is 10.6 Å². The minimum atomic E-state index is -0.422. The molecule has 2 aromatic rings. The van der Waals surface area contributed by atoms with E-state index in [4.69, 9.17) is 5.73 Å². The van der Waals surface area contributed by atoms with Crippen LogP contribution in [0.15, 0.2) is 41.3 Å². The van der Waals surface area contributed by atoms with E-state index in [2.05, 4.69) is 46.5 Å². The zero-order valence-electron chi connectivity index (χ0n) is 20.2. The van der Waals surface area contributed by atoms with Crippen LogP contribution in [0.2, 0.25) is 0 Å². The monoisotopic (exact) mass is 467 g/mol. The molecule has 1 aliphatic heterocycles. The molecule has 2 amide bonds. The highest BCUT2D eigenvalue weighted by Crippen LogP contribution is 2.25. The molecule has 1 saturated heterocycles. The molecule has 4 rings (SSSR count). The predicted molar refractivity (Wildman–Crippen MR) is 134 cm³/mol. The lowest BCUT2D eigenvalue weighted by Gasteiger charge is -2.33. The second kappa shape index (κ2) is 11.1. The number of urea groups is 1. The zero-order chi connectivity index (χ0) is 24.1. The fourth-order valence-electron chi connectivity index (χ4n) is 5.20. The Morgan fingerprint density at radius 1 is 1.24 bits per heavy atom. The van der Waals surface area contributed by atoms with Crippen LogP contribution < -0.4 is 22.1 Å². The molecule has 1 aromatic heterocycles. The molecule has 2 fully saturated rings. The minimum absolute atomic E-state index is 0.231. The highest BCUT2D eigenvalue weighted by molar-refractivity contribution is 5.88. The van der Waals surface area contributed by atoms with Crippen LogP contribution in [-0.4, -0.2) is 76.2 Å². The fraction of sp³-hybridized carbons (Fsp3) is 0.560. The second-order valence-electron chi connectivity index (χ2n) is 9.41. The SMILES string of the molecule is CCN(C(C)Cc1ccc(-n2ccc(NC(=O)N3CCNCC3)nc2=O)cc1)C1CC[C@@H](N)C1. The van der Waals surface area contributed by atoms with Crippen molar-refractivity contribution in [3.05, 3.63) is 52.6 Å². The molecule has 9 heteroatoms. The Morgan fingerprint density at radius 3 is 2.59 bits per heavy atom. The summed E-state index contributed by atoms with van der Waals surface area (Å²) in [4.78, 5) is 33.3. The standard InChI is InChI=1S/C25H37N7O2/c1-3-31(22-9-6-20(26)17-22)18(2)16-19-4-7-21(8-5-19)32-13-10-23(29-25(32)34)28-24(33)30-14-11-27-12-15-30/h4-5,7-8,10,13,18,20,22,27H,3,6,9,11-12,14-17,26H2,1-2H3,(H,28,29,33,34)/t18?,20-,22?/m1/s1. The number of carbonyl (C=O) groups is 1. The van der Waals surface area contributed by atoms with Crippen molar-refractivity contribution in [1.29, 1.82) is 0 Å². The summed E-state index contributed by atoms with van der Waals surface area (Å²) in [5.74, 6) is 0.265. The molecular formula is C25H37N7O2. The van der Waals surface area contributed by atoms with Gasteiger partial charge < -0.3 is 16.0 Å². The third-order valence-electron chi connectivity index (χ3n) is 7.03. The number of nitrogens with one attached hydrogen (secondary N) is 2. The number of hydrogen-bond donors (Lipinski definition) is 3. The van der Waals surface area contributed by atoms with Gasteiger partial charge in [-0.15, -0.1) is 0 Å². The number of likely N-dealkylation sites (N-methyl/N-ethyl adjacent to an activating group) is 1. The van der Waals surface area contributed by atoms with Gasteiger partial charge in [-0.3, -0.25) is 14.8 Å². The smallest absolute Gasteiger partial charge is 0.328 e. The van der Waals surface area contributed by atoms with E-state index in [0.29, 0.717) is 31.2 Å². The summed E-state index contributed by atoms with van der Waals surface area (Å²) < 4.78 is 1.49. The molecule has 3 atom stereocenters. The van der Waals surface area contributed by atoms with Gasteiger partial charge in [0.2, 0.25) is 0 Å². The number of nitrogens with zero attached hydrogens (tertiary/aromatic N) is 4. The fourth-order valence-corrected chi connectivity index (χ4v) is 5.20. The highest BCUT2D eigenvalue weighted by atomic mass is 16.2. The number of carbonyl (C=O) groups excluding carboxylic acids is 1. The van der Waals surface area contributed by atoms with Crippen molar-refractivity contribution < 1.29 is 4.79 Å². The third kappa shape index (κ3) is 5.84. The summed E-state index contributed by atoms with van der Waals surface area (Å²) in [5, 5.41) is 5.93. The lowest BCUT2D eigenvalue weighted by molar-refractivity contribution is 0.152. The van der Waals surface area contributed by atoms with Crippen molar-refractivity contribution in [3.63, 3.8) is 0 Å². The molecule has 4 N–H and O–H groups in total. The molecule has 9 nitrogen and oxygen atoms in total. The van der Waals surface area contributed by atoms with Crippen molar-refractivity contribution in [2.75, 3.05) is 38.0 Å². The normalized spacial score (nSPS) is 21.6. The molecule has 2 heterocycles. The van der Waals surface area contributed by atoms with E-state index in [1.54, 1.807) is 17.2 Å². The van der Waals surface area contributed by atoms with E-state index in [0.717, 1.165) is 44.6 Å². The van der Waals surface area contributed by atoms with Gasteiger partial charge >= 0.3 is 11.7 Å².